The van der Waals surface area contributed by atoms with E-state index in [4.69, 9.17) is 0 Å². The van der Waals surface area contributed by atoms with Crippen molar-refractivity contribution < 1.29 is 13.2 Å². The molecule has 0 aliphatic rings. The minimum absolute atomic E-state index is 0.00207. The number of sulfone groups is 1. The van der Waals surface area contributed by atoms with E-state index in [1.807, 2.05) is 0 Å². The molecule has 22 heavy (non-hydrogen) atoms. The predicted octanol–water partition coefficient (Wildman–Crippen LogP) is 2.41. The number of halogens is 1. The topological polar surface area (TPSA) is 89.0 Å². The van der Waals surface area contributed by atoms with E-state index in [0.717, 1.165) is 16.0 Å². The van der Waals surface area contributed by atoms with Crippen LogP contribution in [-0.2, 0) is 16.4 Å². The van der Waals surface area contributed by atoms with Crippen LogP contribution < -0.4 is 5.32 Å². The van der Waals surface area contributed by atoms with Crippen LogP contribution in [0, 0.1) is 0 Å². The zero-order valence-corrected chi connectivity index (χ0v) is 15.0. The van der Waals surface area contributed by atoms with E-state index in [-0.39, 0.29) is 22.5 Å². The summed E-state index contributed by atoms with van der Waals surface area (Å²) in [7, 11) is -3.36. The number of nitrogens with one attached hydrogen (secondary N) is 1. The molecule has 0 unspecified atom stereocenters. The highest BCUT2D eigenvalue weighted by Crippen LogP contribution is 2.15. The van der Waals surface area contributed by atoms with Crippen LogP contribution in [0.25, 0.3) is 0 Å². The average Bonchev–Trinajstić information content (AvgIpc) is 2.95. The SMILES string of the molecule is CCCS(=O)(=O)c1nc(CNC(=O)c2ccc(Br)cc2)ns1. The van der Waals surface area contributed by atoms with Crippen molar-refractivity contribution in [2.45, 2.75) is 24.2 Å². The largest absolute Gasteiger partial charge is 0.345 e. The van der Waals surface area contributed by atoms with Gasteiger partial charge < -0.3 is 5.32 Å². The normalized spacial score (nSPS) is 11.4. The van der Waals surface area contributed by atoms with Gasteiger partial charge in [0.2, 0.25) is 14.2 Å². The van der Waals surface area contributed by atoms with Gasteiger partial charge in [0.25, 0.3) is 5.91 Å². The fraction of sp³-hybridized carbons (Fsp3) is 0.308. The molecule has 118 valence electrons. The second-order valence-electron chi connectivity index (χ2n) is 4.48. The minimum atomic E-state index is -3.36. The second kappa shape index (κ2) is 7.30. The lowest BCUT2D eigenvalue weighted by atomic mass is 10.2. The van der Waals surface area contributed by atoms with Crippen LogP contribution in [0.2, 0.25) is 0 Å². The Balaban J connectivity index is 1.99. The zero-order chi connectivity index (χ0) is 16.2. The Hall–Kier alpha value is -1.32. The molecule has 0 atom stereocenters. The maximum Gasteiger partial charge on any atom is 0.251 e. The molecule has 1 N–H and O–H groups in total. The molecule has 0 radical (unpaired) electrons. The molecular weight excluding hydrogens is 390 g/mol. The molecule has 0 saturated carbocycles. The van der Waals surface area contributed by atoms with Crippen LogP contribution in [0.15, 0.2) is 33.1 Å². The lowest BCUT2D eigenvalue weighted by Crippen LogP contribution is -2.23. The van der Waals surface area contributed by atoms with Crippen LogP contribution in [0.3, 0.4) is 0 Å². The van der Waals surface area contributed by atoms with Crippen molar-refractivity contribution in [1.29, 1.82) is 0 Å². The molecule has 6 nitrogen and oxygen atoms in total. The summed E-state index contributed by atoms with van der Waals surface area (Å²) in [5, 5.41) is 2.66. The third kappa shape index (κ3) is 4.34. The van der Waals surface area contributed by atoms with Gasteiger partial charge in [0.1, 0.15) is 0 Å². The Kier molecular flexibility index (Phi) is 5.65. The van der Waals surface area contributed by atoms with Gasteiger partial charge in [-0.05, 0) is 42.2 Å². The predicted molar refractivity (Wildman–Crippen MR) is 87.6 cm³/mol. The van der Waals surface area contributed by atoms with Crippen molar-refractivity contribution in [1.82, 2.24) is 14.7 Å². The number of benzene rings is 1. The molecule has 2 rings (SSSR count). The number of hydrogen-bond acceptors (Lipinski definition) is 6. The fourth-order valence-corrected chi connectivity index (χ4v) is 4.13. The average molecular weight is 404 g/mol. The van der Waals surface area contributed by atoms with Gasteiger partial charge in [0.05, 0.1) is 12.3 Å². The van der Waals surface area contributed by atoms with Gasteiger partial charge in [-0.2, -0.15) is 4.37 Å². The first-order chi connectivity index (χ1) is 10.4. The molecule has 0 fully saturated rings. The quantitative estimate of drug-likeness (QED) is 0.799. The van der Waals surface area contributed by atoms with E-state index in [1.165, 1.54) is 0 Å². The first-order valence-corrected chi connectivity index (χ1v) is 9.73. The highest BCUT2D eigenvalue weighted by molar-refractivity contribution is 9.10. The standard InChI is InChI=1S/C13H14BrN3O3S2/c1-2-7-22(19,20)13-16-11(17-21-13)8-15-12(18)9-3-5-10(14)6-4-9/h3-6H,2,7-8H2,1H3,(H,15,18). The van der Waals surface area contributed by atoms with Crippen LogP contribution in [0.4, 0.5) is 0 Å². The molecule has 1 aromatic heterocycles. The van der Waals surface area contributed by atoms with E-state index in [2.05, 4.69) is 30.6 Å². The first kappa shape index (κ1) is 17.0. The number of hydrogen-bond donors (Lipinski definition) is 1. The van der Waals surface area contributed by atoms with Crippen LogP contribution in [0.1, 0.15) is 29.5 Å². The number of aromatic nitrogens is 2. The van der Waals surface area contributed by atoms with Gasteiger partial charge in [-0.3, -0.25) is 4.79 Å². The lowest BCUT2D eigenvalue weighted by molar-refractivity contribution is 0.0950. The molecule has 9 heteroatoms. The summed E-state index contributed by atoms with van der Waals surface area (Å²) in [5.74, 6) is 0.0813. The van der Waals surface area contributed by atoms with Crippen molar-refractivity contribution in [2.75, 3.05) is 5.75 Å². The van der Waals surface area contributed by atoms with E-state index in [1.54, 1.807) is 31.2 Å². The third-order valence-corrected chi connectivity index (χ3v) is 6.33. The Morgan fingerprint density at radius 3 is 2.64 bits per heavy atom. The lowest BCUT2D eigenvalue weighted by Gasteiger charge is -2.02. The van der Waals surface area contributed by atoms with Gasteiger partial charge in [0.15, 0.2) is 5.82 Å². The van der Waals surface area contributed by atoms with Crippen molar-refractivity contribution in [3.63, 3.8) is 0 Å². The number of rotatable bonds is 6. The number of carbonyl (C=O) groups excluding carboxylic acids is 1. The van der Waals surface area contributed by atoms with Gasteiger partial charge in [0, 0.05) is 10.0 Å². The van der Waals surface area contributed by atoms with Crippen LogP contribution >= 0.6 is 27.5 Å². The molecule has 1 amide bonds. The van der Waals surface area contributed by atoms with Gasteiger partial charge in [-0.25, -0.2) is 13.4 Å². The highest BCUT2D eigenvalue weighted by atomic mass is 79.9. The van der Waals surface area contributed by atoms with Gasteiger partial charge in [-0.15, -0.1) is 0 Å². The fourth-order valence-electron chi connectivity index (χ4n) is 1.65. The maximum atomic E-state index is 11.9. The summed E-state index contributed by atoms with van der Waals surface area (Å²) in [6, 6.07) is 6.91. The van der Waals surface area contributed by atoms with E-state index in [0.29, 0.717) is 17.8 Å². The summed E-state index contributed by atoms with van der Waals surface area (Å²) in [6.45, 7) is 1.88. The number of carbonyl (C=O) groups is 1. The minimum Gasteiger partial charge on any atom is -0.345 e. The molecule has 2 aromatic rings. The molecule has 0 aliphatic carbocycles. The maximum absolute atomic E-state index is 11.9. The summed E-state index contributed by atoms with van der Waals surface area (Å²) >= 11 is 4.14. The molecule has 1 heterocycles. The monoisotopic (exact) mass is 403 g/mol. The van der Waals surface area contributed by atoms with Crippen molar-refractivity contribution >= 4 is 43.2 Å². The molecule has 0 bridgehead atoms. The summed E-state index contributed by atoms with van der Waals surface area (Å²) < 4.78 is 28.6. The van der Waals surface area contributed by atoms with Gasteiger partial charge >= 0.3 is 0 Å². The van der Waals surface area contributed by atoms with E-state index >= 15 is 0 Å². The smallest absolute Gasteiger partial charge is 0.251 e. The molecule has 0 aliphatic heterocycles. The summed E-state index contributed by atoms with van der Waals surface area (Å²) in [6.07, 6.45) is 0.525. The first-order valence-electron chi connectivity index (χ1n) is 6.51. The van der Waals surface area contributed by atoms with Crippen LogP contribution in [0.5, 0.6) is 0 Å². The number of nitrogens with zero attached hydrogens (tertiary/aromatic N) is 2. The van der Waals surface area contributed by atoms with Crippen molar-refractivity contribution in [3.8, 4) is 0 Å². The zero-order valence-electron chi connectivity index (χ0n) is 11.7. The molecular formula is C13H14BrN3O3S2. The van der Waals surface area contributed by atoms with Crippen molar-refractivity contribution in [3.05, 3.63) is 40.1 Å². The summed E-state index contributed by atoms with van der Waals surface area (Å²) in [5.41, 5.74) is 0.511. The van der Waals surface area contributed by atoms with E-state index < -0.39 is 9.84 Å². The van der Waals surface area contributed by atoms with Gasteiger partial charge in [-0.1, -0.05) is 22.9 Å². The molecule has 1 aromatic carbocycles. The summed E-state index contributed by atoms with van der Waals surface area (Å²) in [4.78, 5) is 15.9. The Bertz CT molecular complexity index is 757. The third-order valence-electron chi connectivity index (χ3n) is 2.70. The van der Waals surface area contributed by atoms with E-state index in [9.17, 15) is 13.2 Å². The molecule has 0 spiro atoms. The second-order valence-corrected chi connectivity index (χ2v) is 8.44. The van der Waals surface area contributed by atoms with Crippen LogP contribution in [-0.4, -0.2) is 29.4 Å². The molecule has 0 saturated heterocycles. The number of amides is 1. The Labute approximate surface area is 141 Å². The van der Waals surface area contributed by atoms with Crippen molar-refractivity contribution in [2.24, 2.45) is 0 Å². The Morgan fingerprint density at radius 1 is 1.32 bits per heavy atom. The highest BCUT2D eigenvalue weighted by Gasteiger charge is 2.19. The Morgan fingerprint density at radius 2 is 2.00 bits per heavy atom.